The van der Waals surface area contributed by atoms with Crippen molar-refractivity contribution in [1.29, 1.82) is 0 Å². The van der Waals surface area contributed by atoms with Crippen molar-refractivity contribution in [2.75, 3.05) is 4.90 Å². The van der Waals surface area contributed by atoms with Gasteiger partial charge in [0.1, 0.15) is 22.3 Å². The summed E-state index contributed by atoms with van der Waals surface area (Å²) in [5.74, 6) is 0. The molecule has 0 unspecified atom stereocenters. The molecule has 4 heteroatoms. The van der Waals surface area contributed by atoms with E-state index in [2.05, 4.69) is 173 Å². The third-order valence-electron chi connectivity index (χ3n) is 11.1. The number of benzene rings is 9. The zero-order valence-electron chi connectivity index (χ0n) is 29.0. The first-order chi connectivity index (χ1) is 26.8. The number of nitrogens with zero attached hydrogens (tertiary/aromatic N) is 2. The minimum absolute atomic E-state index is 0.864. The van der Waals surface area contributed by atoms with E-state index in [4.69, 9.17) is 8.83 Å². The lowest BCUT2D eigenvalue weighted by molar-refractivity contribution is 0.668. The van der Waals surface area contributed by atoms with Crippen molar-refractivity contribution in [3.05, 3.63) is 182 Å². The van der Waals surface area contributed by atoms with Crippen LogP contribution in [0.25, 0.3) is 92.9 Å². The molecule has 0 bridgehead atoms. The molecule has 12 rings (SSSR count). The third-order valence-corrected chi connectivity index (χ3v) is 11.1. The molecular formula is C50H30N2O2. The number of rotatable bonds is 4. The van der Waals surface area contributed by atoms with Gasteiger partial charge in [0.15, 0.2) is 0 Å². The fraction of sp³-hybridized carbons (Fsp3) is 0. The summed E-state index contributed by atoms with van der Waals surface area (Å²) in [7, 11) is 0. The second kappa shape index (κ2) is 11.1. The van der Waals surface area contributed by atoms with Gasteiger partial charge < -0.3 is 18.3 Å². The quantitative estimate of drug-likeness (QED) is 0.184. The van der Waals surface area contributed by atoms with E-state index in [1.165, 1.54) is 32.3 Å². The topological polar surface area (TPSA) is 34.5 Å². The number of fused-ring (bicyclic) bond motifs is 12. The molecule has 4 nitrogen and oxygen atoms in total. The molecule has 0 spiro atoms. The Kier molecular flexibility index (Phi) is 6.02. The van der Waals surface area contributed by atoms with Crippen molar-refractivity contribution in [3.8, 4) is 5.69 Å². The maximum absolute atomic E-state index is 6.44. The smallest absolute Gasteiger partial charge is 0.137 e. The van der Waals surface area contributed by atoms with Crippen LogP contribution in [-0.2, 0) is 0 Å². The first kappa shape index (κ1) is 29.3. The van der Waals surface area contributed by atoms with Crippen molar-refractivity contribution in [1.82, 2.24) is 4.57 Å². The molecule has 0 amide bonds. The summed E-state index contributed by atoms with van der Waals surface area (Å²) in [5.41, 5.74) is 10.2. The van der Waals surface area contributed by atoms with Crippen molar-refractivity contribution in [3.63, 3.8) is 0 Å². The van der Waals surface area contributed by atoms with Gasteiger partial charge in [-0.05, 0) is 95.0 Å². The fourth-order valence-corrected chi connectivity index (χ4v) is 8.73. The van der Waals surface area contributed by atoms with Crippen LogP contribution in [0.1, 0.15) is 0 Å². The number of hydrogen-bond acceptors (Lipinski definition) is 3. The largest absolute Gasteiger partial charge is 0.456 e. The average Bonchev–Trinajstić information content (AvgIpc) is 3.89. The summed E-state index contributed by atoms with van der Waals surface area (Å²) in [4.78, 5) is 2.38. The van der Waals surface area contributed by atoms with Gasteiger partial charge in [-0.1, -0.05) is 97.1 Å². The minimum atomic E-state index is 0.864. The highest BCUT2D eigenvalue weighted by molar-refractivity contribution is 6.24. The van der Waals surface area contributed by atoms with Gasteiger partial charge in [-0.3, -0.25) is 0 Å². The summed E-state index contributed by atoms with van der Waals surface area (Å²) in [6.45, 7) is 0. The molecule has 0 fully saturated rings. The van der Waals surface area contributed by atoms with Crippen LogP contribution >= 0.6 is 0 Å². The molecule has 54 heavy (non-hydrogen) atoms. The second-order valence-electron chi connectivity index (χ2n) is 14.1. The molecule has 0 saturated heterocycles. The van der Waals surface area contributed by atoms with E-state index in [1.807, 2.05) is 18.2 Å². The fourth-order valence-electron chi connectivity index (χ4n) is 8.73. The predicted molar refractivity (Wildman–Crippen MR) is 225 cm³/mol. The summed E-state index contributed by atoms with van der Waals surface area (Å²) in [6, 6.07) is 65.0. The molecule has 0 radical (unpaired) electrons. The van der Waals surface area contributed by atoms with E-state index in [0.29, 0.717) is 0 Å². The highest BCUT2D eigenvalue weighted by Gasteiger charge is 2.21. The Labute approximate surface area is 309 Å². The van der Waals surface area contributed by atoms with Crippen LogP contribution in [0.4, 0.5) is 17.1 Å². The Hall–Kier alpha value is -7.30. The number of para-hydroxylation sites is 3. The van der Waals surface area contributed by atoms with Crippen LogP contribution in [-0.4, -0.2) is 4.57 Å². The Morgan fingerprint density at radius 2 is 1.02 bits per heavy atom. The van der Waals surface area contributed by atoms with E-state index in [0.717, 1.165) is 77.7 Å². The van der Waals surface area contributed by atoms with Crippen LogP contribution in [0.15, 0.2) is 191 Å². The van der Waals surface area contributed by atoms with Crippen molar-refractivity contribution in [2.24, 2.45) is 0 Å². The summed E-state index contributed by atoms with van der Waals surface area (Å²) < 4.78 is 15.2. The summed E-state index contributed by atoms with van der Waals surface area (Å²) in [5, 5.41) is 11.6. The van der Waals surface area contributed by atoms with Gasteiger partial charge >= 0.3 is 0 Å². The van der Waals surface area contributed by atoms with Crippen molar-refractivity contribution in [2.45, 2.75) is 0 Å². The number of anilines is 3. The van der Waals surface area contributed by atoms with E-state index in [9.17, 15) is 0 Å². The molecule has 0 atom stereocenters. The zero-order valence-corrected chi connectivity index (χ0v) is 29.0. The maximum atomic E-state index is 6.44. The molecule has 12 aromatic rings. The first-order valence-electron chi connectivity index (χ1n) is 18.3. The Morgan fingerprint density at radius 1 is 0.352 bits per heavy atom. The van der Waals surface area contributed by atoms with Gasteiger partial charge in [0.25, 0.3) is 0 Å². The van der Waals surface area contributed by atoms with E-state index < -0.39 is 0 Å². The lowest BCUT2D eigenvalue weighted by Crippen LogP contribution is -2.10. The molecule has 0 N–H and O–H groups in total. The molecule has 0 aliphatic rings. The molecule has 3 aromatic heterocycles. The molecule has 9 aromatic carbocycles. The van der Waals surface area contributed by atoms with Crippen LogP contribution < -0.4 is 4.90 Å². The minimum Gasteiger partial charge on any atom is -0.456 e. The molecule has 3 heterocycles. The standard InChI is InChI=1S/C50H30N2O2/c1-2-13-33(14-3-1)52-44-25-23-34(28-41(44)42-30-40-32(27-45(42)52)21-26-48-50(40)39-17-7-9-20-47(39)53-48)51(43-18-10-12-31-11-4-5-15-36(31)43)35-22-24-38-37-16-6-8-19-46(37)54-49(38)29-35/h1-30H. The normalized spacial score (nSPS) is 12.1. The highest BCUT2D eigenvalue weighted by Crippen LogP contribution is 2.45. The Morgan fingerprint density at radius 3 is 1.91 bits per heavy atom. The third kappa shape index (κ3) is 4.19. The van der Waals surface area contributed by atoms with Gasteiger partial charge in [0.05, 0.1) is 16.7 Å². The lowest BCUT2D eigenvalue weighted by atomic mass is 10.0. The van der Waals surface area contributed by atoms with Gasteiger partial charge in [0, 0.05) is 60.8 Å². The van der Waals surface area contributed by atoms with Gasteiger partial charge in [-0.15, -0.1) is 0 Å². The summed E-state index contributed by atoms with van der Waals surface area (Å²) in [6.07, 6.45) is 0. The second-order valence-corrected chi connectivity index (χ2v) is 14.1. The summed E-state index contributed by atoms with van der Waals surface area (Å²) >= 11 is 0. The number of furan rings is 2. The maximum Gasteiger partial charge on any atom is 0.137 e. The Bertz CT molecular complexity index is 3450. The predicted octanol–water partition coefficient (Wildman–Crippen LogP) is 14.4. The number of aromatic nitrogens is 1. The molecule has 0 aliphatic heterocycles. The molecule has 0 aliphatic carbocycles. The zero-order chi connectivity index (χ0) is 35.3. The van der Waals surface area contributed by atoms with Crippen LogP contribution in [0, 0.1) is 0 Å². The van der Waals surface area contributed by atoms with Crippen LogP contribution in [0.3, 0.4) is 0 Å². The van der Waals surface area contributed by atoms with Gasteiger partial charge in [-0.2, -0.15) is 0 Å². The SMILES string of the molecule is c1ccc(-n2c3ccc(N(c4ccc5c(c4)oc4ccccc45)c4cccc5ccccc45)cc3c3cc4c(ccc5oc6ccccc6c54)cc32)cc1. The van der Waals surface area contributed by atoms with Gasteiger partial charge in [-0.25, -0.2) is 0 Å². The lowest BCUT2D eigenvalue weighted by Gasteiger charge is -2.27. The molecular weight excluding hydrogens is 661 g/mol. The van der Waals surface area contributed by atoms with E-state index in [1.54, 1.807) is 0 Å². The van der Waals surface area contributed by atoms with Crippen molar-refractivity contribution >= 4 is 104 Å². The Balaban J connectivity index is 1.17. The van der Waals surface area contributed by atoms with Gasteiger partial charge in [0.2, 0.25) is 0 Å². The van der Waals surface area contributed by atoms with E-state index in [-0.39, 0.29) is 0 Å². The average molecular weight is 691 g/mol. The molecule has 0 saturated carbocycles. The van der Waals surface area contributed by atoms with Crippen LogP contribution in [0.2, 0.25) is 0 Å². The van der Waals surface area contributed by atoms with Crippen molar-refractivity contribution < 1.29 is 8.83 Å². The van der Waals surface area contributed by atoms with Crippen LogP contribution in [0.5, 0.6) is 0 Å². The first-order valence-corrected chi connectivity index (χ1v) is 18.3. The van der Waals surface area contributed by atoms with E-state index >= 15 is 0 Å². The number of hydrogen-bond donors (Lipinski definition) is 0. The monoisotopic (exact) mass is 690 g/mol. The highest BCUT2D eigenvalue weighted by atomic mass is 16.3. The molecule has 252 valence electrons.